The summed E-state index contributed by atoms with van der Waals surface area (Å²) in [5, 5.41) is 13.6. The number of nitrogens with zero attached hydrogens (tertiary/aromatic N) is 3. The summed E-state index contributed by atoms with van der Waals surface area (Å²) in [7, 11) is 0. The molecule has 3 aromatic rings. The standard InChI is InChI=1S/C19H20N4O2S/c24-19(20-12-15-5-3-11-26-15)14-4-1-9-23(13-14)18-8-7-16(21-22-18)17-6-2-10-25-17/h2-3,5-8,10-11,14H,1,4,9,12-13H2,(H,20,24). The second-order valence-corrected chi connectivity index (χ2v) is 7.37. The average molecular weight is 368 g/mol. The van der Waals surface area contributed by atoms with Crippen LogP contribution in [0.4, 0.5) is 5.82 Å². The number of hydrogen-bond acceptors (Lipinski definition) is 6. The average Bonchev–Trinajstić information content (AvgIpc) is 3.40. The molecular weight excluding hydrogens is 348 g/mol. The number of carbonyl (C=O) groups is 1. The Morgan fingerprint density at radius 3 is 2.96 bits per heavy atom. The number of piperidine rings is 1. The lowest BCUT2D eigenvalue weighted by molar-refractivity contribution is -0.125. The van der Waals surface area contributed by atoms with Crippen LogP contribution in [0.25, 0.3) is 11.5 Å². The molecule has 26 heavy (non-hydrogen) atoms. The Bertz CT molecular complexity index is 831. The van der Waals surface area contributed by atoms with Gasteiger partial charge < -0.3 is 14.6 Å². The molecule has 0 aromatic carbocycles. The highest BCUT2D eigenvalue weighted by molar-refractivity contribution is 7.09. The molecule has 3 aromatic heterocycles. The van der Waals surface area contributed by atoms with E-state index in [0.717, 1.165) is 25.2 Å². The topological polar surface area (TPSA) is 71.3 Å². The quantitative estimate of drug-likeness (QED) is 0.748. The predicted octanol–water partition coefficient (Wildman–Crippen LogP) is 3.33. The molecule has 1 unspecified atom stereocenters. The van der Waals surface area contributed by atoms with Crippen LogP contribution in [-0.2, 0) is 11.3 Å². The fourth-order valence-electron chi connectivity index (χ4n) is 3.18. The van der Waals surface area contributed by atoms with Gasteiger partial charge in [-0.05, 0) is 48.6 Å². The summed E-state index contributed by atoms with van der Waals surface area (Å²) in [6, 6.07) is 11.6. The van der Waals surface area contributed by atoms with Crippen molar-refractivity contribution in [3.63, 3.8) is 0 Å². The Labute approximate surface area is 155 Å². The smallest absolute Gasteiger partial charge is 0.225 e. The van der Waals surface area contributed by atoms with Crippen molar-refractivity contribution < 1.29 is 9.21 Å². The Morgan fingerprint density at radius 1 is 1.27 bits per heavy atom. The first kappa shape index (κ1) is 16.8. The second-order valence-electron chi connectivity index (χ2n) is 6.34. The second kappa shape index (κ2) is 7.70. The Hall–Kier alpha value is -2.67. The third-order valence-electron chi connectivity index (χ3n) is 4.56. The normalized spacial score (nSPS) is 17.2. The van der Waals surface area contributed by atoms with E-state index >= 15 is 0 Å². The molecule has 7 heteroatoms. The maximum atomic E-state index is 12.5. The molecular formula is C19H20N4O2S. The summed E-state index contributed by atoms with van der Waals surface area (Å²) in [5.41, 5.74) is 0.709. The van der Waals surface area contributed by atoms with Gasteiger partial charge in [-0.25, -0.2) is 0 Å². The van der Waals surface area contributed by atoms with Crippen molar-refractivity contribution in [1.82, 2.24) is 15.5 Å². The highest BCUT2D eigenvalue weighted by atomic mass is 32.1. The molecule has 0 aliphatic carbocycles. The molecule has 0 saturated carbocycles. The van der Waals surface area contributed by atoms with E-state index in [2.05, 4.69) is 20.4 Å². The fourth-order valence-corrected chi connectivity index (χ4v) is 3.83. The number of rotatable bonds is 5. The summed E-state index contributed by atoms with van der Waals surface area (Å²) >= 11 is 1.66. The molecule has 1 saturated heterocycles. The van der Waals surface area contributed by atoms with Crippen LogP contribution in [0, 0.1) is 5.92 Å². The van der Waals surface area contributed by atoms with Crippen molar-refractivity contribution >= 4 is 23.1 Å². The Morgan fingerprint density at radius 2 is 2.23 bits per heavy atom. The van der Waals surface area contributed by atoms with Gasteiger partial charge in [-0.3, -0.25) is 4.79 Å². The van der Waals surface area contributed by atoms with Gasteiger partial charge in [-0.1, -0.05) is 6.07 Å². The van der Waals surface area contributed by atoms with E-state index in [4.69, 9.17) is 4.42 Å². The highest BCUT2D eigenvalue weighted by Gasteiger charge is 2.26. The molecule has 1 fully saturated rings. The maximum absolute atomic E-state index is 12.5. The van der Waals surface area contributed by atoms with Crippen molar-refractivity contribution in [2.45, 2.75) is 19.4 Å². The molecule has 0 spiro atoms. The van der Waals surface area contributed by atoms with Crippen LogP contribution >= 0.6 is 11.3 Å². The molecule has 4 heterocycles. The maximum Gasteiger partial charge on any atom is 0.225 e. The van der Waals surface area contributed by atoms with Crippen LogP contribution in [0.5, 0.6) is 0 Å². The zero-order valence-electron chi connectivity index (χ0n) is 14.3. The van der Waals surface area contributed by atoms with Crippen molar-refractivity contribution in [2.24, 2.45) is 5.92 Å². The number of aromatic nitrogens is 2. The molecule has 1 amide bonds. The molecule has 4 rings (SSSR count). The third kappa shape index (κ3) is 3.77. The lowest BCUT2D eigenvalue weighted by Gasteiger charge is -2.32. The van der Waals surface area contributed by atoms with E-state index in [-0.39, 0.29) is 11.8 Å². The number of nitrogens with one attached hydrogen (secondary N) is 1. The SMILES string of the molecule is O=C(NCc1cccs1)C1CCCN(c2ccc(-c3ccco3)nn2)C1. The summed E-state index contributed by atoms with van der Waals surface area (Å²) in [6.45, 7) is 2.17. The van der Waals surface area contributed by atoms with Gasteiger partial charge in [-0.15, -0.1) is 21.5 Å². The van der Waals surface area contributed by atoms with Gasteiger partial charge in [0.2, 0.25) is 5.91 Å². The van der Waals surface area contributed by atoms with E-state index < -0.39 is 0 Å². The van der Waals surface area contributed by atoms with Crippen LogP contribution in [0.15, 0.2) is 52.5 Å². The molecule has 6 nitrogen and oxygen atoms in total. The van der Waals surface area contributed by atoms with Crippen molar-refractivity contribution in [2.75, 3.05) is 18.0 Å². The van der Waals surface area contributed by atoms with E-state index in [9.17, 15) is 4.79 Å². The lowest BCUT2D eigenvalue weighted by Crippen LogP contribution is -2.43. The van der Waals surface area contributed by atoms with Crippen LogP contribution in [0.1, 0.15) is 17.7 Å². The van der Waals surface area contributed by atoms with E-state index in [1.165, 1.54) is 4.88 Å². The first-order valence-corrected chi connectivity index (χ1v) is 9.60. The number of hydrogen-bond donors (Lipinski definition) is 1. The number of amides is 1. The van der Waals surface area contributed by atoms with Crippen LogP contribution in [-0.4, -0.2) is 29.2 Å². The van der Waals surface area contributed by atoms with Gasteiger partial charge in [0, 0.05) is 18.0 Å². The molecule has 1 atom stereocenters. The summed E-state index contributed by atoms with van der Waals surface area (Å²) in [5.74, 6) is 1.60. The van der Waals surface area contributed by atoms with Crippen molar-refractivity contribution in [3.05, 3.63) is 52.9 Å². The number of thiophene rings is 1. The van der Waals surface area contributed by atoms with E-state index in [1.807, 2.05) is 41.8 Å². The molecule has 134 valence electrons. The minimum Gasteiger partial charge on any atom is -0.463 e. The molecule has 1 N–H and O–H groups in total. The highest BCUT2D eigenvalue weighted by Crippen LogP contribution is 2.23. The van der Waals surface area contributed by atoms with E-state index in [0.29, 0.717) is 24.5 Å². The number of furan rings is 1. The summed E-state index contributed by atoms with van der Waals surface area (Å²) < 4.78 is 5.34. The predicted molar refractivity (Wildman–Crippen MR) is 101 cm³/mol. The lowest BCUT2D eigenvalue weighted by atomic mass is 9.97. The zero-order valence-corrected chi connectivity index (χ0v) is 15.1. The summed E-state index contributed by atoms with van der Waals surface area (Å²) in [6.07, 6.45) is 3.50. The van der Waals surface area contributed by atoms with Gasteiger partial charge in [0.05, 0.1) is 18.7 Å². The van der Waals surface area contributed by atoms with Gasteiger partial charge in [0.1, 0.15) is 5.69 Å². The molecule has 0 bridgehead atoms. The zero-order chi connectivity index (χ0) is 17.8. The number of anilines is 1. The molecule has 1 aliphatic rings. The van der Waals surface area contributed by atoms with Crippen LogP contribution < -0.4 is 10.2 Å². The van der Waals surface area contributed by atoms with Crippen LogP contribution in [0.2, 0.25) is 0 Å². The minimum absolute atomic E-state index is 0.0183. The number of carbonyl (C=O) groups excluding carboxylic acids is 1. The van der Waals surface area contributed by atoms with Crippen molar-refractivity contribution in [3.8, 4) is 11.5 Å². The minimum atomic E-state index is -0.0183. The van der Waals surface area contributed by atoms with Crippen LogP contribution in [0.3, 0.4) is 0 Å². The Balaban J connectivity index is 1.37. The first-order chi connectivity index (χ1) is 12.8. The first-order valence-electron chi connectivity index (χ1n) is 8.72. The van der Waals surface area contributed by atoms with E-state index in [1.54, 1.807) is 17.6 Å². The Kier molecular flexibility index (Phi) is 4.97. The summed E-state index contributed by atoms with van der Waals surface area (Å²) in [4.78, 5) is 15.8. The van der Waals surface area contributed by atoms with Crippen molar-refractivity contribution in [1.29, 1.82) is 0 Å². The largest absolute Gasteiger partial charge is 0.463 e. The van der Waals surface area contributed by atoms with Gasteiger partial charge in [0.15, 0.2) is 11.6 Å². The molecule has 1 aliphatic heterocycles. The monoisotopic (exact) mass is 368 g/mol. The van der Waals surface area contributed by atoms with Gasteiger partial charge in [0.25, 0.3) is 0 Å². The third-order valence-corrected chi connectivity index (χ3v) is 5.43. The fraction of sp³-hybridized carbons (Fsp3) is 0.316. The molecule has 0 radical (unpaired) electrons. The van der Waals surface area contributed by atoms with Gasteiger partial charge in [-0.2, -0.15) is 0 Å². The van der Waals surface area contributed by atoms with Gasteiger partial charge >= 0.3 is 0 Å².